The van der Waals surface area contributed by atoms with Crippen LogP contribution in [0.25, 0.3) is 0 Å². The van der Waals surface area contributed by atoms with Crippen molar-refractivity contribution in [1.29, 1.82) is 0 Å². The molecule has 102 valence electrons. The second kappa shape index (κ2) is 4.85. The average molecular weight is 260 g/mol. The van der Waals surface area contributed by atoms with Crippen LogP contribution in [0.15, 0.2) is 18.2 Å². The molecule has 3 rings (SSSR count). The fourth-order valence-corrected chi connectivity index (χ4v) is 3.05. The molecular weight excluding hydrogens is 240 g/mol. The molecule has 2 aliphatic heterocycles. The fourth-order valence-electron chi connectivity index (χ4n) is 3.05. The number of nitrogens with one attached hydrogen (secondary N) is 1. The first-order chi connectivity index (χ1) is 9.13. The Morgan fingerprint density at radius 3 is 2.89 bits per heavy atom. The molecule has 4 nitrogen and oxygen atoms in total. The predicted octanol–water partition coefficient (Wildman–Crippen LogP) is 1.67. The van der Waals surface area contributed by atoms with E-state index >= 15 is 0 Å². The van der Waals surface area contributed by atoms with Crippen LogP contribution in [0.2, 0.25) is 0 Å². The summed E-state index contributed by atoms with van der Waals surface area (Å²) >= 11 is 0. The number of likely N-dealkylation sites (tertiary alicyclic amines) is 1. The third-order valence-electron chi connectivity index (χ3n) is 4.27. The van der Waals surface area contributed by atoms with Crippen molar-refractivity contribution < 1.29 is 9.90 Å². The normalized spacial score (nSPS) is 26.3. The lowest BCUT2D eigenvalue weighted by atomic mass is 10.1. The van der Waals surface area contributed by atoms with Gasteiger partial charge < -0.3 is 15.3 Å². The number of phenols is 1. The summed E-state index contributed by atoms with van der Waals surface area (Å²) in [5.74, 6) is 0.227. The van der Waals surface area contributed by atoms with Crippen molar-refractivity contribution in [2.24, 2.45) is 0 Å². The third kappa shape index (κ3) is 2.45. The number of hydrogen-bond donors (Lipinski definition) is 2. The molecule has 1 aromatic rings. The lowest BCUT2D eigenvalue weighted by Crippen LogP contribution is -2.39. The van der Waals surface area contributed by atoms with E-state index in [0.717, 1.165) is 31.5 Å². The number of phenolic OH excluding ortho intramolecular Hbond substituents is 1. The van der Waals surface area contributed by atoms with Crippen molar-refractivity contribution in [2.45, 2.75) is 38.3 Å². The van der Waals surface area contributed by atoms with E-state index in [0.29, 0.717) is 17.6 Å². The van der Waals surface area contributed by atoms with E-state index < -0.39 is 0 Å². The van der Waals surface area contributed by atoms with Crippen molar-refractivity contribution in [2.75, 3.05) is 13.1 Å². The van der Waals surface area contributed by atoms with Crippen molar-refractivity contribution in [3.63, 3.8) is 0 Å². The third-order valence-corrected chi connectivity index (χ3v) is 4.27. The highest BCUT2D eigenvalue weighted by Gasteiger charge is 2.31. The second-order valence-corrected chi connectivity index (χ2v) is 5.68. The molecule has 2 saturated heterocycles. The van der Waals surface area contributed by atoms with Gasteiger partial charge in [0.2, 0.25) is 0 Å². The Kier molecular flexibility index (Phi) is 3.19. The molecule has 19 heavy (non-hydrogen) atoms. The number of benzene rings is 1. The zero-order valence-corrected chi connectivity index (χ0v) is 11.2. The summed E-state index contributed by atoms with van der Waals surface area (Å²) in [7, 11) is 0. The van der Waals surface area contributed by atoms with Crippen molar-refractivity contribution in [1.82, 2.24) is 10.2 Å². The SMILES string of the molecule is Cc1ccc(C(=O)N2CCC3CCC(C2)N3)cc1O. The maximum atomic E-state index is 12.5. The van der Waals surface area contributed by atoms with Gasteiger partial charge in [-0.15, -0.1) is 0 Å². The van der Waals surface area contributed by atoms with Gasteiger partial charge >= 0.3 is 0 Å². The van der Waals surface area contributed by atoms with E-state index in [1.807, 2.05) is 11.8 Å². The number of nitrogens with zero attached hydrogens (tertiary/aromatic N) is 1. The van der Waals surface area contributed by atoms with Gasteiger partial charge in [-0.2, -0.15) is 0 Å². The van der Waals surface area contributed by atoms with Gasteiger partial charge in [-0.1, -0.05) is 6.07 Å². The van der Waals surface area contributed by atoms with E-state index in [2.05, 4.69) is 5.32 Å². The highest BCUT2D eigenvalue weighted by molar-refractivity contribution is 5.94. The van der Waals surface area contributed by atoms with Crippen LogP contribution < -0.4 is 5.32 Å². The van der Waals surface area contributed by atoms with Gasteiger partial charge in [0.25, 0.3) is 5.91 Å². The topological polar surface area (TPSA) is 52.6 Å². The van der Waals surface area contributed by atoms with Gasteiger partial charge in [0, 0.05) is 30.7 Å². The summed E-state index contributed by atoms with van der Waals surface area (Å²) in [6.45, 7) is 3.42. The molecule has 0 spiro atoms. The summed E-state index contributed by atoms with van der Waals surface area (Å²) in [4.78, 5) is 14.4. The number of aryl methyl sites for hydroxylation is 1. The molecule has 2 bridgehead atoms. The predicted molar refractivity (Wildman–Crippen MR) is 73.3 cm³/mol. The molecule has 2 N–H and O–H groups in total. The van der Waals surface area contributed by atoms with Crippen LogP contribution in [0.1, 0.15) is 35.2 Å². The van der Waals surface area contributed by atoms with Gasteiger partial charge in [0.15, 0.2) is 0 Å². The zero-order valence-electron chi connectivity index (χ0n) is 11.2. The molecule has 0 saturated carbocycles. The van der Waals surface area contributed by atoms with Gasteiger partial charge in [0.05, 0.1) is 0 Å². The lowest BCUT2D eigenvalue weighted by Gasteiger charge is -2.24. The number of rotatable bonds is 1. The smallest absolute Gasteiger partial charge is 0.254 e. The molecule has 2 heterocycles. The molecular formula is C15H20N2O2. The Hall–Kier alpha value is -1.55. The number of aromatic hydroxyl groups is 1. The minimum absolute atomic E-state index is 0.0321. The molecule has 0 aromatic heterocycles. The summed E-state index contributed by atoms with van der Waals surface area (Å²) < 4.78 is 0. The van der Waals surface area contributed by atoms with Gasteiger partial charge in [-0.3, -0.25) is 4.79 Å². The van der Waals surface area contributed by atoms with Crippen LogP contribution in [0.3, 0.4) is 0 Å². The zero-order chi connectivity index (χ0) is 13.4. The monoisotopic (exact) mass is 260 g/mol. The molecule has 2 aliphatic rings. The summed E-state index contributed by atoms with van der Waals surface area (Å²) in [5, 5.41) is 13.3. The Labute approximate surface area is 113 Å². The first kappa shape index (κ1) is 12.5. The lowest BCUT2D eigenvalue weighted by molar-refractivity contribution is 0.0747. The summed E-state index contributed by atoms with van der Waals surface area (Å²) in [6, 6.07) is 6.19. The van der Waals surface area contributed by atoms with E-state index in [-0.39, 0.29) is 11.7 Å². The van der Waals surface area contributed by atoms with Crippen LogP contribution >= 0.6 is 0 Å². The molecule has 2 unspecified atom stereocenters. The molecule has 1 aromatic carbocycles. The number of fused-ring (bicyclic) bond motifs is 2. The number of carbonyl (C=O) groups is 1. The van der Waals surface area contributed by atoms with Crippen molar-refractivity contribution >= 4 is 5.91 Å². The van der Waals surface area contributed by atoms with Crippen LogP contribution in [0.5, 0.6) is 5.75 Å². The minimum atomic E-state index is 0.0321. The number of hydrogen-bond acceptors (Lipinski definition) is 3. The highest BCUT2D eigenvalue weighted by Crippen LogP contribution is 2.23. The quantitative estimate of drug-likeness (QED) is 0.807. The molecule has 2 atom stereocenters. The van der Waals surface area contributed by atoms with Crippen LogP contribution in [-0.2, 0) is 0 Å². The van der Waals surface area contributed by atoms with Crippen LogP contribution in [-0.4, -0.2) is 41.1 Å². The molecule has 0 radical (unpaired) electrons. The summed E-state index contributed by atoms with van der Waals surface area (Å²) in [5.41, 5.74) is 1.38. The molecule has 4 heteroatoms. The standard InChI is InChI=1S/C15H20N2O2/c1-10-2-3-11(8-14(10)18)15(19)17-7-6-12-4-5-13(9-17)16-12/h2-3,8,12-13,16,18H,4-7,9H2,1H3. The first-order valence-corrected chi connectivity index (χ1v) is 6.98. The maximum Gasteiger partial charge on any atom is 0.254 e. The van der Waals surface area contributed by atoms with E-state index in [1.165, 1.54) is 6.42 Å². The summed E-state index contributed by atoms with van der Waals surface area (Å²) in [6.07, 6.45) is 3.42. The average Bonchev–Trinajstić information content (AvgIpc) is 2.72. The van der Waals surface area contributed by atoms with Gasteiger partial charge in [-0.05, 0) is 43.9 Å². The van der Waals surface area contributed by atoms with E-state index in [9.17, 15) is 9.90 Å². The van der Waals surface area contributed by atoms with Gasteiger partial charge in [-0.25, -0.2) is 0 Å². The maximum absolute atomic E-state index is 12.5. The highest BCUT2D eigenvalue weighted by atomic mass is 16.3. The number of carbonyl (C=O) groups excluding carboxylic acids is 1. The first-order valence-electron chi connectivity index (χ1n) is 6.98. The Morgan fingerprint density at radius 1 is 1.32 bits per heavy atom. The van der Waals surface area contributed by atoms with Crippen LogP contribution in [0.4, 0.5) is 0 Å². The Bertz CT molecular complexity index is 501. The van der Waals surface area contributed by atoms with Crippen molar-refractivity contribution in [3.05, 3.63) is 29.3 Å². The van der Waals surface area contributed by atoms with E-state index in [4.69, 9.17) is 0 Å². The minimum Gasteiger partial charge on any atom is -0.508 e. The van der Waals surface area contributed by atoms with Crippen molar-refractivity contribution in [3.8, 4) is 5.75 Å². The van der Waals surface area contributed by atoms with E-state index in [1.54, 1.807) is 18.2 Å². The Morgan fingerprint density at radius 2 is 2.11 bits per heavy atom. The molecule has 1 amide bonds. The van der Waals surface area contributed by atoms with Crippen LogP contribution in [0, 0.1) is 6.92 Å². The fraction of sp³-hybridized carbons (Fsp3) is 0.533. The van der Waals surface area contributed by atoms with Gasteiger partial charge in [0.1, 0.15) is 5.75 Å². The largest absolute Gasteiger partial charge is 0.508 e. The Balaban J connectivity index is 1.77. The molecule has 2 fully saturated rings. The number of amides is 1. The second-order valence-electron chi connectivity index (χ2n) is 5.68. The molecule has 0 aliphatic carbocycles.